The van der Waals surface area contributed by atoms with Crippen LogP contribution in [0.2, 0.25) is 0 Å². The number of hydrogen-bond acceptors (Lipinski definition) is 8. The summed E-state index contributed by atoms with van der Waals surface area (Å²) in [6.07, 6.45) is -0.808. The fourth-order valence-electron chi connectivity index (χ4n) is 3.22. The van der Waals surface area contributed by atoms with Gasteiger partial charge in [0.15, 0.2) is 12.2 Å². The van der Waals surface area contributed by atoms with E-state index in [1.54, 1.807) is 0 Å². The van der Waals surface area contributed by atoms with Crippen molar-refractivity contribution in [2.75, 3.05) is 44.3 Å². The average Bonchev–Trinajstić information content (AvgIpc) is 3.08. The Morgan fingerprint density at radius 3 is 2.77 bits per heavy atom. The lowest BCUT2D eigenvalue weighted by Crippen LogP contribution is -2.44. The fraction of sp³-hybridized carbons (Fsp3) is 0.500. The Hall–Kier alpha value is -2.45. The SMILES string of the molecule is CC(=O)O[C@@H]1COC[C@@H]1Oc1nc(N2CCNCC2)nc2ccccc12. The first-order valence-corrected chi connectivity index (χ1v) is 8.85. The molecule has 2 atom stereocenters. The van der Waals surface area contributed by atoms with Gasteiger partial charge in [0.25, 0.3) is 0 Å². The second-order valence-corrected chi connectivity index (χ2v) is 6.42. The molecule has 0 bridgehead atoms. The van der Waals surface area contributed by atoms with E-state index in [0.29, 0.717) is 25.0 Å². The first-order chi connectivity index (χ1) is 12.7. The Bertz CT molecular complexity index is 794. The summed E-state index contributed by atoms with van der Waals surface area (Å²) in [5.41, 5.74) is 0.828. The van der Waals surface area contributed by atoms with Crippen molar-refractivity contribution in [2.45, 2.75) is 19.1 Å². The second-order valence-electron chi connectivity index (χ2n) is 6.42. The number of para-hydroxylation sites is 1. The number of nitrogens with zero attached hydrogens (tertiary/aromatic N) is 3. The molecule has 0 spiro atoms. The van der Waals surface area contributed by atoms with Gasteiger partial charge < -0.3 is 24.4 Å². The van der Waals surface area contributed by atoms with E-state index in [1.807, 2.05) is 24.3 Å². The minimum absolute atomic E-state index is 0.331. The van der Waals surface area contributed by atoms with Gasteiger partial charge in [0.1, 0.15) is 0 Å². The first-order valence-electron chi connectivity index (χ1n) is 8.85. The van der Waals surface area contributed by atoms with Crippen LogP contribution in [0.3, 0.4) is 0 Å². The number of ether oxygens (including phenoxy) is 3. The summed E-state index contributed by atoms with van der Waals surface area (Å²) in [6.45, 7) is 5.57. The number of carbonyl (C=O) groups excluding carboxylic acids is 1. The van der Waals surface area contributed by atoms with Gasteiger partial charge in [-0.25, -0.2) is 4.98 Å². The maximum atomic E-state index is 11.3. The van der Waals surface area contributed by atoms with Gasteiger partial charge in [-0.15, -0.1) is 0 Å². The van der Waals surface area contributed by atoms with Crippen LogP contribution in [0.4, 0.5) is 5.95 Å². The van der Waals surface area contributed by atoms with Gasteiger partial charge in [0.05, 0.1) is 24.1 Å². The molecule has 3 heterocycles. The van der Waals surface area contributed by atoms with E-state index in [1.165, 1.54) is 6.92 Å². The van der Waals surface area contributed by atoms with Crippen LogP contribution in [0.5, 0.6) is 5.88 Å². The Labute approximate surface area is 151 Å². The van der Waals surface area contributed by atoms with E-state index in [-0.39, 0.29) is 12.1 Å². The number of aromatic nitrogens is 2. The third-order valence-electron chi connectivity index (χ3n) is 4.52. The Balaban J connectivity index is 1.65. The third kappa shape index (κ3) is 3.56. The molecule has 2 aromatic rings. The number of fused-ring (bicyclic) bond motifs is 1. The van der Waals surface area contributed by atoms with Crippen molar-refractivity contribution in [1.82, 2.24) is 15.3 Å². The summed E-state index contributed by atoms with van der Waals surface area (Å²) < 4.78 is 16.9. The van der Waals surface area contributed by atoms with Crippen molar-refractivity contribution >= 4 is 22.8 Å². The summed E-state index contributed by atoms with van der Waals surface area (Å²) in [6, 6.07) is 7.76. The van der Waals surface area contributed by atoms with E-state index in [2.05, 4.69) is 15.2 Å². The molecular formula is C18H22N4O4. The maximum Gasteiger partial charge on any atom is 0.303 e. The molecule has 1 aromatic heterocycles. The topological polar surface area (TPSA) is 85.8 Å². The quantitative estimate of drug-likeness (QED) is 0.802. The molecule has 2 aliphatic rings. The summed E-state index contributed by atoms with van der Waals surface area (Å²) in [7, 11) is 0. The Kier molecular flexibility index (Phi) is 4.85. The molecule has 8 heteroatoms. The van der Waals surface area contributed by atoms with Gasteiger partial charge in [-0.3, -0.25) is 4.79 Å². The van der Waals surface area contributed by atoms with Crippen LogP contribution < -0.4 is 15.0 Å². The predicted octanol–water partition coefficient (Wildman–Crippen LogP) is 0.749. The van der Waals surface area contributed by atoms with Crippen molar-refractivity contribution in [1.29, 1.82) is 0 Å². The van der Waals surface area contributed by atoms with Gasteiger partial charge >= 0.3 is 5.97 Å². The molecule has 0 amide bonds. The monoisotopic (exact) mass is 358 g/mol. The predicted molar refractivity (Wildman–Crippen MR) is 95.4 cm³/mol. The van der Waals surface area contributed by atoms with E-state index in [9.17, 15) is 4.79 Å². The third-order valence-corrected chi connectivity index (χ3v) is 4.52. The minimum atomic E-state index is -0.427. The van der Waals surface area contributed by atoms with E-state index in [4.69, 9.17) is 19.2 Å². The minimum Gasteiger partial charge on any atom is -0.467 e. The zero-order valence-corrected chi connectivity index (χ0v) is 14.7. The lowest BCUT2D eigenvalue weighted by Gasteiger charge is -2.28. The van der Waals surface area contributed by atoms with Crippen LogP contribution in [0.25, 0.3) is 10.9 Å². The van der Waals surface area contributed by atoms with Crippen LogP contribution in [-0.2, 0) is 14.3 Å². The van der Waals surface area contributed by atoms with Crippen molar-refractivity contribution in [3.63, 3.8) is 0 Å². The molecule has 138 valence electrons. The highest BCUT2D eigenvalue weighted by Gasteiger charge is 2.33. The van der Waals surface area contributed by atoms with Crippen LogP contribution in [0.15, 0.2) is 24.3 Å². The summed E-state index contributed by atoms with van der Waals surface area (Å²) in [5, 5.41) is 4.16. The molecule has 0 aliphatic carbocycles. The molecule has 0 saturated carbocycles. The number of hydrogen-bond donors (Lipinski definition) is 1. The summed E-state index contributed by atoms with van der Waals surface area (Å²) >= 11 is 0. The van der Waals surface area contributed by atoms with Crippen molar-refractivity contribution < 1.29 is 19.0 Å². The maximum absolute atomic E-state index is 11.3. The molecule has 8 nitrogen and oxygen atoms in total. The molecule has 2 saturated heterocycles. The number of benzene rings is 1. The molecule has 4 rings (SSSR count). The van der Waals surface area contributed by atoms with Crippen LogP contribution in [0, 0.1) is 0 Å². The zero-order valence-electron chi connectivity index (χ0n) is 14.7. The lowest BCUT2D eigenvalue weighted by atomic mass is 10.2. The van der Waals surface area contributed by atoms with Gasteiger partial charge in [-0.05, 0) is 12.1 Å². The highest BCUT2D eigenvalue weighted by atomic mass is 16.6. The second kappa shape index (κ2) is 7.43. The van der Waals surface area contributed by atoms with Gasteiger partial charge in [0, 0.05) is 33.1 Å². The van der Waals surface area contributed by atoms with Gasteiger partial charge in [0.2, 0.25) is 11.8 Å². The molecule has 0 unspecified atom stereocenters. The molecule has 1 N–H and O–H groups in total. The highest BCUT2D eigenvalue weighted by Crippen LogP contribution is 2.28. The van der Waals surface area contributed by atoms with Gasteiger partial charge in [-0.2, -0.15) is 4.98 Å². The van der Waals surface area contributed by atoms with Gasteiger partial charge in [-0.1, -0.05) is 12.1 Å². The smallest absolute Gasteiger partial charge is 0.303 e. The number of esters is 1. The summed E-state index contributed by atoms with van der Waals surface area (Å²) in [5.74, 6) is 0.808. The highest BCUT2D eigenvalue weighted by molar-refractivity contribution is 5.84. The Morgan fingerprint density at radius 1 is 1.19 bits per heavy atom. The van der Waals surface area contributed by atoms with Crippen LogP contribution in [-0.4, -0.2) is 67.5 Å². The van der Waals surface area contributed by atoms with Crippen molar-refractivity contribution in [3.8, 4) is 5.88 Å². The van der Waals surface area contributed by atoms with Crippen LogP contribution in [0.1, 0.15) is 6.92 Å². The van der Waals surface area contributed by atoms with E-state index >= 15 is 0 Å². The Morgan fingerprint density at radius 2 is 1.96 bits per heavy atom. The fourth-order valence-corrected chi connectivity index (χ4v) is 3.22. The molecule has 0 radical (unpaired) electrons. The van der Waals surface area contributed by atoms with E-state index in [0.717, 1.165) is 37.1 Å². The number of nitrogens with one attached hydrogen (secondary N) is 1. The molecular weight excluding hydrogens is 336 g/mol. The molecule has 2 aliphatic heterocycles. The largest absolute Gasteiger partial charge is 0.467 e. The van der Waals surface area contributed by atoms with Crippen LogP contribution >= 0.6 is 0 Å². The number of rotatable bonds is 4. The first kappa shape index (κ1) is 17.0. The van der Waals surface area contributed by atoms with E-state index < -0.39 is 6.10 Å². The summed E-state index contributed by atoms with van der Waals surface area (Å²) in [4.78, 5) is 22.8. The average molecular weight is 358 g/mol. The number of carbonyl (C=O) groups is 1. The molecule has 2 fully saturated rings. The lowest BCUT2D eigenvalue weighted by molar-refractivity contribution is -0.149. The zero-order chi connectivity index (χ0) is 17.9. The molecule has 26 heavy (non-hydrogen) atoms. The number of piperazine rings is 1. The van der Waals surface area contributed by atoms with Crippen molar-refractivity contribution in [3.05, 3.63) is 24.3 Å². The molecule has 1 aromatic carbocycles. The standard InChI is InChI=1S/C18H22N4O4/c1-12(23)25-15-10-24-11-16(15)26-17-13-4-2-3-5-14(13)20-18(21-17)22-8-6-19-7-9-22/h2-5,15-16,19H,6-11H2,1H3/t15-,16+/m1/s1. The number of anilines is 1. The normalized spacial score (nSPS) is 23.2. The van der Waals surface area contributed by atoms with Crippen molar-refractivity contribution in [2.24, 2.45) is 0 Å².